The van der Waals surface area contributed by atoms with Crippen molar-refractivity contribution in [3.8, 4) is 5.75 Å². The zero-order valence-corrected chi connectivity index (χ0v) is 12.2. The van der Waals surface area contributed by atoms with Gasteiger partial charge in [0, 0.05) is 10.5 Å². The van der Waals surface area contributed by atoms with Gasteiger partial charge < -0.3 is 10.5 Å². The fraction of sp³-hybridized carbons (Fsp3) is 0.538. The van der Waals surface area contributed by atoms with Gasteiger partial charge in [-0.15, -0.1) is 0 Å². The van der Waals surface area contributed by atoms with E-state index in [4.69, 9.17) is 10.5 Å². The number of benzene rings is 1. The highest BCUT2D eigenvalue weighted by Crippen LogP contribution is 2.25. The van der Waals surface area contributed by atoms with E-state index in [2.05, 4.69) is 15.9 Å². The van der Waals surface area contributed by atoms with Crippen molar-refractivity contribution in [2.75, 3.05) is 6.61 Å². The van der Waals surface area contributed by atoms with Crippen LogP contribution in [0.15, 0.2) is 22.7 Å². The Morgan fingerprint density at radius 3 is 2.63 bits per heavy atom. The third-order valence-corrected chi connectivity index (χ3v) is 3.45. The van der Waals surface area contributed by atoms with Gasteiger partial charge in [0.15, 0.2) is 0 Å². The average molecular weight is 340 g/mol. The second kappa shape index (κ2) is 7.14. The second-order valence-electron chi connectivity index (χ2n) is 4.34. The summed E-state index contributed by atoms with van der Waals surface area (Å²) in [7, 11) is 0. The van der Waals surface area contributed by atoms with Gasteiger partial charge >= 0.3 is 6.18 Å². The van der Waals surface area contributed by atoms with Gasteiger partial charge in [0.25, 0.3) is 0 Å². The quantitative estimate of drug-likeness (QED) is 0.848. The molecule has 0 saturated heterocycles. The normalized spacial score (nSPS) is 13.4. The zero-order valence-electron chi connectivity index (χ0n) is 10.6. The van der Waals surface area contributed by atoms with Crippen LogP contribution in [0.2, 0.25) is 0 Å². The van der Waals surface area contributed by atoms with Crippen molar-refractivity contribution in [2.24, 2.45) is 5.73 Å². The Hall–Kier alpha value is -0.750. The third-order valence-electron chi connectivity index (χ3n) is 2.68. The number of hydrogen-bond acceptors (Lipinski definition) is 2. The first-order chi connectivity index (χ1) is 8.81. The number of nitrogens with two attached hydrogens (primary N) is 1. The van der Waals surface area contributed by atoms with Crippen molar-refractivity contribution < 1.29 is 17.9 Å². The maximum absolute atomic E-state index is 12.0. The molecule has 0 radical (unpaired) electrons. The summed E-state index contributed by atoms with van der Waals surface area (Å²) in [5.74, 6) is 0.436. The SMILES string of the molecule is CCC(N)Cc1cc(OCCC(F)(F)F)ccc1Br. The Balaban J connectivity index is 2.63. The average Bonchev–Trinajstić information content (AvgIpc) is 2.31. The standard InChI is InChI=1S/C13H17BrF3NO/c1-2-10(18)7-9-8-11(3-4-12(9)14)19-6-5-13(15,16)17/h3-4,8,10H,2,5-7,18H2,1H3. The summed E-state index contributed by atoms with van der Waals surface area (Å²) in [6.45, 7) is 1.62. The van der Waals surface area contributed by atoms with Crippen molar-refractivity contribution in [3.05, 3.63) is 28.2 Å². The summed E-state index contributed by atoms with van der Waals surface area (Å²) < 4.78 is 42.0. The lowest BCUT2D eigenvalue weighted by Crippen LogP contribution is -2.21. The summed E-state index contributed by atoms with van der Waals surface area (Å²) in [4.78, 5) is 0. The van der Waals surface area contributed by atoms with Gasteiger partial charge in [0.05, 0.1) is 13.0 Å². The van der Waals surface area contributed by atoms with Gasteiger partial charge in [0.1, 0.15) is 5.75 Å². The summed E-state index contributed by atoms with van der Waals surface area (Å²) in [6, 6.07) is 5.17. The van der Waals surface area contributed by atoms with E-state index in [0.29, 0.717) is 12.2 Å². The molecule has 1 atom stereocenters. The van der Waals surface area contributed by atoms with Crippen molar-refractivity contribution >= 4 is 15.9 Å². The van der Waals surface area contributed by atoms with E-state index >= 15 is 0 Å². The Morgan fingerprint density at radius 1 is 1.37 bits per heavy atom. The first kappa shape index (κ1) is 16.3. The molecule has 1 unspecified atom stereocenters. The van der Waals surface area contributed by atoms with Gasteiger partial charge in [-0.3, -0.25) is 0 Å². The summed E-state index contributed by atoms with van der Waals surface area (Å²) >= 11 is 3.40. The molecule has 0 heterocycles. The highest BCUT2D eigenvalue weighted by atomic mass is 79.9. The van der Waals surface area contributed by atoms with E-state index < -0.39 is 12.6 Å². The highest BCUT2D eigenvalue weighted by molar-refractivity contribution is 9.10. The minimum Gasteiger partial charge on any atom is -0.493 e. The topological polar surface area (TPSA) is 35.2 Å². The molecule has 1 aromatic rings. The number of ether oxygens (including phenoxy) is 1. The predicted octanol–water partition coefficient (Wildman–Crippen LogP) is 4.06. The smallest absolute Gasteiger partial charge is 0.392 e. The van der Waals surface area contributed by atoms with Crippen molar-refractivity contribution in [1.29, 1.82) is 0 Å². The molecule has 1 aromatic carbocycles. The molecule has 0 amide bonds. The van der Waals surface area contributed by atoms with Crippen molar-refractivity contribution in [3.63, 3.8) is 0 Å². The van der Waals surface area contributed by atoms with E-state index in [1.165, 1.54) is 0 Å². The monoisotopic (exact) mass is 339 g/mol. The molecule has 0 aromatic heterocycles. The molecule has 2 N–H and O–H groups in total. The van der Waals surface area contributed by atoms with E-state index in [-0.39, 0.29) is 12.6 Å². The van der Waals surface area contributed by atoms with Crippen LogP contribution in [0.1, 0.15) is 25.3 Å². The number of hydrogen-bond donors (Lipinski definition) is 1. The fourth-order valence-electron chi connectivity index (χ4n) is 1.51. The molecule has 0 aliphatic rings. The Morgan fingerprint density at radius 2 is 2.05 bits per heavy atom. The van der Waals surface area contributed by atoms with Crippen LogP contribution in [0.3, 0.4) is 0 Å². The Labute approximate surface area is 119 Å². The van der Waals surface area contributed by atoms with Gasteiger partial charge in [-0.25, -0.2) is 0 Å². The molecule has 19 heavy (non-hydrogen) atoms. The first-order valence-corrected chi connectivity index (χ1v) is 6.84. The minimum absolute atomic E-state index is 0.0294. The van der Waals surface area contributed by atoms with Gasteiger partial charge in [-0.2, -0.15) is 13.2 Å². The molecular formula is C13H17BrF3NO. The molecule has 0 bridgehead atoms. The van der Waals surface area contributed by atoms with Gasteiger partial charge in [-0.05, 0) is 36.6 Å². The summed E-state index contributed by atoms with van der Waals surface area (Å²) in [5, 5.41) is 0. The van der Waals surface area contributed by atoms with E-state index in [9.17, 15) is 13.2 Å². The lowest BCUT2D eigenvalue weighted by atomic mass is 10.0. The lowest BCUT2D eigenvalue weighted by Gasteiger charge is -2.13. The lowest BCUT2D eigenvalue weighted by molar-refractivity contribution is -0.139. The third kappa shape index (κ3) is 6.29. The molecule has 0 aliphatic carbocycles. The van der Waals surface area contributed by atoms with Crippen LogP contribution in [0, 0.1) is 0 Å². The molecule has 108 valence electrons. The van der Waals surface area contributed by atoms with E-state index in [1.54, 1.807) is 18.2 Å². The van der Waals surface area contributed by atoms with Crippen LogP contribution in [0.5, 0.6) is 5.75 Å². The number of halogens is 4. The van der Waals surface area contributed by atoms with Crippen LogP contribution < -0.4 is 10.5 Å². The Kier molecular flexibility index (Phi) is 6.13. The van der Waals surface area contributed by atoms with Gasteiger partial charge in [-0.1, -0.05) is 22.9 Å². The zero-order chi connectivity index (χ0) is 14.5. The maximum atomic E-state index is 12.0. The van der Waals surface area contributed by atoms with Crippen molar-refractivity contribution in [1.82, 2.24) is 0 Å². The van der Waals surface area contributed by atoms with Gasteiger partial charge in [0.2, 0.25) is 0 Å². The highest BCUT2D eigenvalue weighted by Gasteiger charge is 2.26. The van der Waals surface area contributed by atoms with Crippen LogP contribution in [-0.4, -0.2) is 18.8 Å². The predicted molar refractivity (Wildman–Crippen MR) is 72.3 cm³/mol. The second-order valence-corrected chi connectivity index (χ2v) is 5.19. The Bertz CT molecular complexity index is 409. The van der Waals surface area contributed by atoms with E-state index in [0.717, 1.165) is 16.5 Å². The van der Waals surface area contributed by atoms with Crippen LogP contribution >= 0.6 is 15.9 Å². The first-order valence-electron chi connectivity index (χ1n) is 6.05. The minimum atomic E-state index is -4.19. The molecule has 0 fully saturated rings. The molecular weight excluding hydrogens is 323 g/mol. The fourth-order valence-corrected chi connectivity index (χ4v) is 1.92. The molecule has 1 rings (SSSR count). The molecule has 0 spiro atoms. The van der Waals surface area contributed by atoms with Crippen molar-refractivity contribution in [2.45, 2.75) is 38.4 Å². The van der Waals surface area contributed by atoms with Crippen LogP contribution in [0.25, 0.3) is 0 Å². The summed E-state index contributed by atoms with van der Waals surface area (Å²) in [6.07, 6.45) is -3.64. The number of rotatable bonds is 6. The molecule has 0 aliphatic heterocycles. The molecule has 2 nitrogen and oxygen atoms in total. The molecule has 0 saturated carbocycles. The van der Waals surface area contributed by atoms with Crippen LogP contribution in [0.4, 0.5) is 13.2 Å². The number of alkyl halides is 3. The van der Waals surface area contributed by atoms with E-state index in [1.807, 2.05) is 6.92 Å². The largest absolute Gasteiger partial charge is 0.493 e. The maximum Gasteiger partial charge on any atom is 0.392 e. The summed E-state index contributed by atoms with van der Waals surface area (Å²) in [5.41, 5.74) is 6.81. The molecule has 6 heteroatoms. The van der Waals surface area contributed by atoms with Crippen LogP contribution in [-0.2, 0) is 6.42 Å².